The smallest absolute Gasteiger partial charge is 0.415 e. The Labute approximate surface area is 149 Å². The minimum Gasteiger partial charge on any atom is -0.493 e. The second-order valence-electron chi connectivity index (χ2n) is 5.59. The maximum absolute atomic E-state index is 12.5. The Hall–Kier alpha value is -3.13. The Morgan fingerprint density at radius 2 is 1.85 bits per heavy atom. The average Bonchev–Trinajstić information content (AvgIpc) is 2.66. The van der Waals surface area contributed by atoms with Crippen LogP contribution in [0.5, 0.6) is 11.5 Å². The van der Waals surface area contributed by atoms with Crippen molar-refractivity contribution in [2.24, 2.45) is 0 Å². The van der Waals surface area contributed by atoms with Crippen LogP contribution in [0.15, 0.2) is 40.1 Å². The highest BCUT2D eigenvalue weighted by atomic mass is 16.5. The number of aromatic nitrogens is 3. The van der Waals surface area contributed by atoms with Crippen LogP contribution >= 0.6 is 0 Å². The lowest BCUT2D eigenvalue weighted by Gasteiger charge is -2.10. The summed E-state index contributed by atoms with van der Waals surface area (Å²) in [5.74, 6) is 1.14. The van der Waals surface area contributed by atoms with Gasteiger partial charge in [-0.15, -0.1) is 0 Å². The van der Waals surface area contributed by atoms with E-state index in [2.05, 4.69) is 9.97 Å². The average molecular weight is 358 g/mol. The van der Waals surface area contributed by atoms with Gasteiger partial charge in [0.2, 0.25) is 0 Å². The minimum absolute atomic E-state index is 0.314. The summed E-state index contributed by atoms with van der Waals surface area (Å²) in [5, 5.41) is 0.385. The van der Waals surface area contributed by atoms with Gasteiger partial charge in [0.05, 0.1) is 27.0 Å². The number of aromatic amines is 2. The summed E-state index contributed by atoms with van der Waals surface area (Å²) >= 11 is 0. The van der Waals surface area contributed by atoms with Crippen molar-refractivity contribution in [1.82, 2.24) is 9.55 Å². The number of fused-ring (bicyclic) bond motifs is 1. The molecule has 0 atom stereocenters. The molecule has 0 unspecified atom stereocenters. The van der Waals surface area contributed by atoms with Crippen LogP contribution in [0.2, 0.25) is 0 Å². The quantitative estimate of drug-likeness (QED) is 0.704. The van der Waals surface area contributed by atoms with Crippen LogP contribution in [0.1, 0.15) is 0 Å². The van der Waals surface area contributed by atoms with Crippen molar-refractivity contribution in [2.45, 2.75) is 6.54 Å². The molecule has 136 valence electrons. The highest BCUT2D eigenvalue weighted by molar-refractivity contribution is 5.90. The van der Waals surface area contributed by atoms with Gasteiger partial charge in [-0.1, -0.05) is 6.07 Å². The predicted octanol–water partition coefficient (Wildman–Crippen LogP) is 0.834. The Balaban J connectivity index is 2.28. The minimum atomic E-state index is -0.486. The van der Waals surface area contributed by atoms with Gasteiger partial charge in [-0.3, -0.25) is 9.78 Å². The van der Waals surface area contributed by atoms with Crippen LogP contribution < -0.4 is 25.7 Å². The molecule has 2 N–H and O–H groups in total. The molecule has 2 heterocycles. The summed E-state index contributed by atoms with van der Waals surface area (Å²) in [6, 6.07) is 7.17. The highest BCUT2D eigenvalue weighted by Gasteiger charge is 2.19. The van der Waals surface area contributed by atoms with Gasteiger partial charge in [-0.2, -0.15) is 4.57 Å². The van der Waals surface area contributed by atoms with Crippen molar-refractivity contribution in [1.29, 1.82) is 0 Å². The second kappa shape index (κ2) is 7.40. The summed E-state index contributed by atoms with van der Waals surface area (Å²) in [4.78, 5) is 30.1. The van der Waals surface area contributed by atoms with Gasteiger partial charge in [0.1, 0.15) is 11.9 Å². The first-order chi connectivity index (χ1) is 12.6. The molecule has 0 bridgehead atoms. The molecule has 0 saturated carbocycles. The first kappa shape index (κ1) is 17.7. The Morgan fingerprint density at radius 1 is 1.08 bits per heavy atom. The fourth-order valence-electron chi connectivity index (χ4n) is 2.90. The van der Waals surface area contributed by atoms with E-state index in [4.69, 9.17) is 14.2 Å². The SMILES string of the molecule is COCCn1c(=O)[nH]c(=O)c2c(-c3ccc(OC)c(OC)c3)cc[nH+]c21. The van der Waals surface area contributed by atoms with E-state index in [0.29, 0.717) is 41.2 Å². The second-order valence-corrected chi connectivity index (χ2v) is 5.59. The van der Waals surface area contributed by atoms with E-state index >= 15 is 0 Å². The van der Waals surface area contributed by atoms with E-state index in [9.17, 15) is 9.59 Å². The number of pyridine rings is 1. The van der Waals surface area contributed by atoms with Crippen LogP contribution in [-0.4, -0.2) is 37.5 Å². The molecule has 3 rings (SSSR count). The molecule has 0 fully saturated rings. The molecule has 8 heteroatoms. The molecule has 0 radical (unpaired) electrons. The van der Waals surface area contributed by atoms with E-state index in [1.165, 1.54) is 4.57 Å². The van der Waals surface area contributed by atoms with Crippen LogP contribution in [0.4, 0.5) is 0 Å². The Morgan fingerprint density at radius 3 is 2.54 bits per heavy atom. The molecule has 0 aliphatic carbocycles. The number of methoxy groups -OCH3 is 3. The molecule has 3 aromatic rings. The van der Waals surface area contributed by atoms with Crippen molar-refractivity contribution in [3.63, 3.8) is 0 Å². The Bertz CT molecular complexity index is 1050. The molecule has 0 spiro atoms. The maximum Gasteiger partial charge on any atom is 0.415 e. The number of hydrogen-bond acceptors (Lipinski definition) is 5. The third kappa shape index (κ3) is 3.06. The van der Waals surface area contributed by atoms with Gasteiger partial charge < -0.3 is 14.2 Å². The first-order valence-electron chi connectivity index (χ1n) is 7.99. The van der Waals surface area contributed by atoms with Crippen molar-refractivity contribution in [3.05, 3.63) is 51.3 Å². The molecule has 26 heavy (non-hydrogen) atoms. The predicted molar refractivity (Wildman–Crippen MR) is 95.8 cm³/mol. The fraction of sp³-hybridized carbons (Fsp3) is 0.278. The summed E-state index contributed by atoms with van der Waals surface area (Å²) in [5.41, 5.74) is 0.930. The zero-order valence-corrected chi connectivity index (χ0v) is 14.8. The molecule has 8 nitrogen and oxygen atoms in total. The van der Waals surface area contributed by atoms with Crippen molar-refractivity contribution >= 4 is 11.0 Å². The number of nitrogens with zero attached hydrogens (tertiary/aromatic N) is 1. The van der Waals surface area contributed by atoms with E-state index in [0.717, 1.165) is 5.56 Å². The number of nitrogens with one attached hydrogen (secondary N) is 2. The molecular formula is C18H20N3O5+. The maximum atomic E-state index is 12.5. The highest BCUT2D eigenvalue weighted by Crippen LogP contribution is 2.33. The van der Waals surface area contributed by atoms with E-state index < -0.39 is 11.2 Å². The van der Waals surface area contributed by atoms with Gasteiger partial charge in [-0.25, -0.2) is 9.78 Å². The van der Waals surface area contributed by atoms with Crippen molar-refractivity contribution in [3.8, 4) is 22.6 Å². The summed E-state index contributed by atoms with van der Waals surface area (Å²) in [6.45, 7) is 0.657. The molecule has 2 aromatic heterocycles. The third-order valence-electron chi connectivity index (χ3n) is 4.15. The topological polar surface area (TPSA) is 96.7 Å². The zero-order chi connectivity index (χ0) is 18.7. The molecule has 1 aromatic carbocycles. The summed E-state index contributed by atoms with van der Waals surface area (Å²) in [6.07, 6.45) is 1.69. The molecule has 0 aliphatic rings. The van der Waals surface area contributed by atoms with Crippen LogP contribution in [0.25, 0.3) is 22.2 Å². The normalized spacial score (nSPS) is 10.9. The van der Waals surface area contributed by atoms with E-state index in [1.54, 1.807) is 45.7 Å². The van der Waals surface area contributed by atoms with Crippen LogP contribution in [0.3, 0.4) is 0 Å². The molecule has 0 saturated heterocycles. The van der Waals surface area contributed by atoms with Crippen LogP contribution in [0, 0.1) is 0 Å². The number of H-pyrrole nitrogens is 2. The van der Waals surface area contributed by atoms with Crippen molar-refractivity contribution < 1.29 is 19.2 Å². The molecular weight excluding hydrogens is 338 g/mol. The number of hydrogen-bond donors (Lipinski definition) is 1. The van der Waals surface area contributed by atoms with Gasteiger partial charge in [0.25, 0.3) is 11.2 Å². The van der Waals surface area contributed by atoms with Crippen molar-refractivity contribution in [2.75, 3.05) is 27.9 Å². The van der Waals surface area contributed by atoms with Crippen LogP contribution in [-0.2, 0) is 11.3 Å². The summed E-state index contributed by atoms with van der Waals surface area (Å²) < 4.78 is 17.1. The third-order valence-corrected chi connectivity index (χ3v) is 4.15. The lowest BCUT2D eigenvalue weighted by Crippen LogP contribution is -2.34. The largest absolute Gasteiger partial charge is 0.493 e. The number of benzene rings is 1. The zero-order valence-electron chi connectivity index (χ0n) is 14.8. The Kier molecular flexibility index (Phi) is 5.04. The number of ether oxygens (including phenoxy) is 3. The fourth-order valence-corrected chi connectivity index (χ4v) is 2.90. The van der Waals surface area contributed by atoms with E-state index in [-0.39, 0.29) is 0 Å². The van der Waals surface area contributed by atoms with Gasteiger partial charge in [0.15, 0.2) is 11.5 Å². The van der Waals surface area contributed by atoms with Gasteiger partial charge >= 0.3 is 5.69 Å². The first-order valence-corrected chi connectivity index (χ1v) is 7.99. The van der Waals surface area contributed by atoms with Gasteiger partial charge in [0, 0.05) is 12.7 Å². The van der Waals surface area contributed by atoms with Gasteiger partial charge in [-0.05, 0) is 23.8 Å². The molecule has 0 aliphatic heterocycles. The lowest BCUT2D eigenvalue weighted by molar-refractivity contribution is -0.349. The van der Waals surface area contributed by atoms with E-state index in [1.807, 2.05) is 6.07 Å². The standard InChI is InChI=1S/C18H19N3O5/c1-24-9-8-21-16-15(17(22)20-18(21)23)12(6-7-19-16)11-4-5-13(25-2)14(10-11)26-3/h4-7,10H,8-9H2,1-3H3,(H,20,22,23)/p+1. The lowest BCUT2D eigenvalue weighted by atomic mass is 10.0. The summed E-state index contributed by atoms with van der Waals surface area (Å²) in [7, 11) is 4.66. The number of rotatable bonds is 6. The molecule has 0 amide bonds. The monoisotopic (exact) mass is 358 g/mol.